The average Bonchev–Trinajstić information content (AvgIpc) is 2.60. The van der Waals surface area contributed by atoms with E-state index >= 15 is 0 Å². The lowest BCUT2D eigenvalue weighted by atomic mass is 9.77. The molecule has 8 nitrogen and oxygen atoms in total. The SMILES string of the molecule is Cc1ccc(C[C@H](Nc2ncccc2[N+](=O)[O-])C(=O)N2CC3(COC3)C2)cc1. The van der Waals surface area contributed by atoms with Crippen molar-refractivity contribution < 1.29 is 14.5 Å². The average molecular weight is 382 g/mol. The number of benzene rings is 1. The van der Waals surface area contributed by atoms with Crippen molar-refractivity contribution in [2.24, 2.45) is 5.41 Å². The summed E-state index contributed by atoms with van der Waals surface area (Å²) in [5.41, 5.74) is 2.09. The first kappa shape index (κ1) is 18.4. The molecule has 1 aromatic carbocycles. The molecule has 0 unspecified atom stereocenters. The number of amides is 1. The van der Waals surface area contributed by atoms with Crippen LogP contribution < -0.4 is 5.32 Å². The molecule has 2 aliphatic heterocycles. The number of aryl methyl sites for hydroxylation is 1. The summed E-state index contributed by atoms with van der Waals surface area (Å²) in [6.07, 6.45) is 1.90. The van der Waals surface area contributed by atoms with Crippen molar-refractivity contribution in [3.8, 4) is 0 Å². The van der Waals surface area contributed by atoms with Gasteiger partial charge in [-0.3, -0.25) is 14.9 Å². The quantitative estimate of drug-likeness (QED) is 0.607. The fraction of sp³-hybridized carbons (Fsp3) is 0.400. The summed E-state index contributed by atoms with van der Waals surface area (Å²) in [7, 11) is 0. The van der Waals surface area contributed by atoms with E-state index in [4.69, 9.17) is 4.74 Å². The molecule has 146 valence electrons. The van der Waals surface area contributed by atoms with Crippen molar-refractivity contribution in [1.82, 2.24) is 9.88 Å². The molecule has 0 radical (unpaired) electrons. The first-order chi connectivity index (χ1) is 13.5. The summed E-state index contributed by atoms with van der Waals surface area (Å²) < 4.78 is 5.27. The summed E-state index contributed by atoms with van der Waals surface area (Å²) in [5, 5.41) is 14.3. The van der Waals surface area contributed by atoms with Crippen molar-refractivity contribution in [3.05, 3.63) is 63.8 Å². The van der Waals surface area contributed by atoms with Gasteiger partial charge in [-0.1, -0.05) is 29.8 Å². The molecular weight excluding hydrogens is 360 g/mol. The molecule has 1 N–H and O–H groups in total. The highest BCUT2D eigenvalue weighted by Crippen LogP contribution is 2.38. The van der Waals surface area contributed by atoms with E-state index in [1.165, 1.54) is 18.3 Å². The fourth-order valence-electron chi connectivity index (χ4n) is 3.69. The zero-order valence-corrected chi connectivity index (χ0v) is 15.6. The van der Waals surface area contributed by atoms with Gasteiger partial charge in [-0.05, 0) is 18.6 Å². The van der Waals surface area contributed by atoms with Gasteiger partial charge in [0, 0.05) is 31.8 Å². The maximum Gasteiger partial charge on any atom is 0.311 e. The molecule has 4 rings (SSSR count). The van der Waals surface area contributed by atoms with Gasteiger partial charge in [0.05, 0.1) is 23.6 Å². The third kappa shape index (κ3) is 3.55. The lowest BCUT2D eigenvalue weighted by Crippen LogP contribution is -2.68. The van der Waals surface area contributed by atoms with Crippen LogP contribution in [0, 0.1) is 22.5 Å². The molecule has 2 saturated heterocycles. The van der Waals surface area contributed by atoms with E-state index in [0.29, 0.717) is 32.7 Å². The third-order valence-corrected chi connectivity index (χ3v) is 5.33. The Kier molecular flexibility index (Phi) is 4.72. The standard InChI is InChI=1S/C20H22N4O4/c1-14-4-6-15(7-5-14)9-16(19(25)23-10-20(11-23)12-28-13-20)22-18-17(24(26)27)3-2-8-21-18/h2-8,16H,9-13H2,1H3,(H,21,22)/t16-/m0/s1. The van der Waals surface area contributed by atoms with Crippen LogP contribution in [0.15, 0.2) is 42.6 Å². The van der Waals surface area contributed by atoms with Crippen LogP contribution in [0.4, 0.5) is 11.5 Å². The van der Waals surface area contributed by atoms with Crippen LogP contribution in [0.2, 0.25) is 0 Å². The van der Waals surface area contributed by atoms with Crippen LogP contribution in [-0.2, 0) is 16.0 Å². The predicted molar refractivity (Wildman–Crippen MR) is 103 cm³/mol. The van der Waals surface area contributed by atoms with E-state index in [0.717, 1.165) is 11.1 Å². The topological polar surface area (TPSA) is 97.6 Å². The van der Waals surface area contributed by atoms with Gasteiger partial charge in [-0.15, -0.1) is 0 Å². The highest BCUT2D eigenvalue weighted by atomic mass is 16.6. The maximum atomic E-state index is 13.1. The van der Waals surface area contributed by atoms with Gasteiger partial charge in [0.15, 0.2) is 0 Å². The van der Waals surface area contributed by atoms with Crippen LogP contribution in [0.25, 0.3) is 0 Å². The number of carbonyl (C=O) groups is 1. The molecule has 1 atom stereocenters. The zero-order valence-electron chi connectivity index (χ0n) is 15.6. The number of pyridine rings is 1. The van der Waals surface area contributed by atoms with Gasteiger partial charge in [0.25, 0.3) is 0 Å². The van der Waals surface area contributed by atoms with Gasteiger partial charge >= 0.3 is 5.69 Å². The Morgan fingerprint density at radius 3 is 2.64 bits per heavy atom. The minimum atomic E-state index is -0.630. The zero-order chi connectivity index (χ0) is 19.7. The van der Waals surface area contributed by atoms with Crippen LogP contribution in [0.3, 0.4) is 0 Å². The number of nitrogens with one attached hydrogen (secondary N) is 1. The van der Waals surface area contributed by atoms with Crippen LogP contribution in [0.5, 0.6) is 0 Å². The summed E-state index contributed by atoms with van der Waals surface area (Å²) in [5.74, 6) is 0.0400. The molecule has 2 aromatic rings. The minimum Gasteiger partial charge on any atom is -0.380 e. The summed E-state index contributed by atoms with van der Waals surface area (Å²) in [4.78, 5) is 29.8. The van der Waals surface area contributed by atoms with Crippen molar-refractivity contribution in [2.45, 2.75) is 19.4 Å². The van der Waals surface area contributed by atoms with E-state index in [-0.39, 0.29) is 22.8 Å². The monoisotopic (exact) mass is 382 g/mol. The highest BCUT2D eigenvalue weighted by molar-refractivity contribution is 5.86. The second-order valence-corrected chi connectivity index (χ2v) is 7.70. The number of nitro groups is 1. The summed E-state index contributed by atoms with van der Waals surface area (Å²) in [6.45, 7) is 4.73. The van der Waals surface area contributed by atoms with E-state index < -0.39 is 11.0 Å². The number of likely N-dealkylation sites (tertiary alicyclic amines) is 1. The molecule has 2 fully saturated rings. The Balaban J connectivity index is 1.55. The van der Waals surface area contributed by atoms with E-state index in [1.807, 2.05) is 31.2 Å². The Morgan fingerprint density at radius 1 is 1.32 bits per heavy atom. The largest absolute Gasteiger partial charge is 0.380 e. The molecule has 1 amide bonds. The lowest BCUT2D eigenvalue weighted by molar-refractivity contribution is -0.384. The Morgan fingerprint density at radius 2 is 2.04 bits per heavy atom. The molecule has 0 bridgehead atoms. The van der Waals surface area contributed by atoms with Crippen molar-refractivity contribution in [3.63, 3.8) is 0 Å². The number of carbonyl (C=O) groups excluding carboxylic acids is 1. The molecule has 2 aliphatic rings. The molecule has 8 heteroatoms. The number of aromatic nitrogens is 1. The van der Waals surface area contributed by atoms with E-state index in [2.05, 4.69) is 10.3 Å². The first-order valence-electron chi connectivity index (χ1n) is 9.24. The molecule has 1 aromatic heterocycles. The summed E-state index contributed by atoms with van der Waals surface area (Å²) >= 11 is 0. The van der Waals surface area contributed by atoms with Gasteiger partial charge < -0.3 is 15.0 Å². The minimum absolute atomic E-state index is 0.0712. The molecule has 0 aliphatic carbocycles. The van der Waals surface area contributed by atoms with Crippen LogP contribution >= 0.6 is 0 Å². The van der Waals surface area contributed by atoms with Crippen molar-refractivity contribution in [1.29, 1.82) is 0 Å². The number of hydrogen-bond acceptors (Lipinski definition) is 6. The smallest absolute Gasteiger partial charge is 0.311 e. The summed E-state index contributed by atoms with van der Waals surface area (Å²) in [6, 6.07) is 10.2. The number of ether oxygens (including phenoxy) is 1. The van der Waals surface area contributed by atoms with E-state index in [1.54, 1.807) is 4.90 Å². The van der Waals surface area contributed by atoms with Gasteiger partial charge in [0.2, 0.25) is 11.7 Å². The molecular formula is C20H22N4O4. The van der Waals surface area contributed by atoms with Crippen molar-refractivity contribution in [2.75, 3.05) is 31.6 Å². The highest BCUT2D eigenvalue weighted by Gasteiger charge is 2.51. The Labute approximate surface area is 162 Å². The van der Waals surface area contributed by atoms with Crippen LogP contribution in [-0.4, -0.2) is 53.1 Å². The number of anilines is 1. The number of rotatable bonds is 6. The first-order valence-corrected chi connectivity index (χ1v) is 9.24. The second-order valence-electron chi connectivity index (χ2n) is 7.70. The lowest BCUT2D eigenvalue weighted by Gasteiger charge is -2.55. The normalized spacial score (nSPS) is 18.1. The number of nitrogens with zero attached hydrogens (tertiary/aromatic N) is 3. The molecule has 28 heavy (non-hydrogen) atoms. The van der Waals surface area contributed by atoms with Gasteiger partial charge in [0.1, 0.15) is 6.04 Å². The second kappa shape index (κ2) is 7.20. The fourth-order valence-corrected chi connectivity index (χ4v) is 3.69. The number of hydrogen-bond donors (Lipinski definition) is 1. The maximum absolute atomic E-state index is 13.1. The Bertz CT molecular complexity index is 887. The van der Waals surface area contributed by atoms with Crippen LogP contribution in [0.1, 0.15) is 11.1 Å². The molecule has 3 heterocycles. The van der Waals surface area contributed by atoms with E-state index in [9.17, 15) is 14.9 Å². The van der Waals surface area contributed by atoms with Gasteiger partial charge in [-0.25, -0.2) is 4.98 Å². The van der Waals surface area contributed by atoms with Crippen molar-refractivity contribution >= 4 is 17.4 Å². The van der Waals surface area contributed by atoms with Gasteiger partial charge in [-0.2, -0.15) is 0 Å². The Hall–Kier alpha value is -3.00. The molecule has 0 saturated carbocycles. The molecule has 1 spiro atoms. The predicted octanol–water partition coefficient (Wildman–Crippen LogP) is 2.18. The third-order valence-electron chi connectivity index (χ3n) is 5.33.